The van der Waals surface area contributed by atoms with Gasteiger partial charge in [-0.1, -0.05) is 18.2 Å². The van der Waals surface area contributed by atoms with Crippen LogP contribution in [0.1, 0.15) is 59.1 Å². The number of hydrogen-bond donors (Lipinski definition) is 8. The average Bonchev–Trinajstić information content (AvgIpc) is 3.03. The summed E-state index contributed by atoms with van der Waals surface area (Å²) < 4.78 is 17.7. The molecule has 4 aromatic carbocycles. The minimum Gasteiger partial charge on any atom is -0.507 e. The van der Waals surface area contributed by atoms with Gasteiger partial charge in [0, 0.05) is 35.1 Å². The van der Waals surface area contributed by atoms with E-state index in [0.29, 0.717) is 28.7 Å². The van der Waals surface area contributed by atoms with Gasteiger partial charge in [0.2, 0.25) is 0 Å². The largest absolute Gasteiger partial charge is 0.507 e. The minimum absolute atomic E-state index is 0.00730. The molecule has 4 atom stereocenters. The van der Waals surface area contributed by atoms with Gasteiger partial charge in [-0.05, 0) is 60.4 Å². The second-order valence-corrected chi connectivity index (χ2v) is 11.8. The third-order valence-corrected chi connectivity index (χ3v) is 8.51. The highest BCUT2D eigenvalue weighted by Gasteiger charge is 2.42. The van der Waals surface area contributed by atoms with E-state index in [2.05, 4.69) is 0 Å². The second kappa shape index (κ2) is 12.8. The molecule has 13 heteroatoms. The Hall–Kier alpha value is -5.82. The summed E-state index contributed by atoms with van der Waals surface area (Å²) >= 11 is 0. The lowest BCUT2D eigenvalue weighted by Crippen LogP contribution is -2.36. The van der Waals surface area contributed by atoms with Crippen molar-refractivity contribution in [1.29, 1.82) is 0 Å². The first kappa shape index (κ1) is 32.1. The first-order valence-electron chi connectivity index (χ1n) is 15.1. The van der Waals surface area contributed by atoms with Crippen LogP contribution in [-0.4, -0.2) is 65.0 Å². The molecule has 0 amide bonds. The Kier molecular flexibility index (Phi) is 8.54. The molecular weight excluding hydrogens is 628 g/mol. The van der Waals surface area contributed by atoms with Gasteiger partial charge >= 0.3 is 11.9 Å². The smallest absolute Gasteiger partial charge is 0.312 e. The molecule has 8 N–H and O–H groups in total. The lowest BCUT2D eigenvalue weighted by Gasteiger charge is -2.37. The van der Waals surface area contributed by atoms with Crippen molar-refractivity contribution in [2.75, 3.05) is 0 Å². The van der Waals surface area contributed by atoms with Gasteiger partial charge in [0.1, 0.15) is 23.4 Å². The van der Waals surface area contributed by atoms with Gasteiger partial charge in [-0.25, -0.2) is 0 Å². The predicted octanol–water partition coefficient (Wildman–Crippen LogP) is 4.04. The summed E-state index contributed by atoms with van der Waals surface area (Å²) in [4.78, 5) is 25.7. The van der Waals surface area contributed by atoms with Crippen LogP contribution in [0.2, 0.25) is 0 Å². The molecule has 0 unspecified atom stereocenters. The number of aliphatic hydroxyl groups excluding tert-OH is 1. The highest BCUT2D eigenvalue weighted by Crippen LogP contribution is 2.53. The van der Waals surface area contributed by atoms with E-state index in [-0.39, 0.29) is 59.3 Å². The van der Waals surface area contributed by atoms with Crippen LogP contribution >= 0.6 is 0 Å². The van der Waals surface area contributed by atoms with Gasteiger partial charge in [-0.3, -0.25) is 9.59 Å². The highest BCUT2D eigenvalue weighted by molar-refractivity contribution is 5.80. The fourth-order valence-electron chi connectivity index (χ4n) is 6.08. The summed E-state index contributed by atoms with van der Waals surface area (Å²) in [5.74, 6) is -4.53. The van der Waals surface area contributed by atoms with Crippen LogP contribution in [0, 0.1) is 0 Å². The number of fused-ring (bicyclic) bond motifs is 3. The van der Waals surface area contributed by atoms with Gasteiger partial charge < -0.3 is 55.1 Å². The van der Waals surface area contributed by atoms with Crippen LogP contribution < -0.4 is 9.47 Å². The Balaban J connectivity index is 1.31. The molecule has 250 valence electrons. The Morgan fingerprint density at radius 3 is 2.06 bits per heavy atom. The third-order valence-electron chi connectivity index (χ3n) is 8.51. The molecule has 0 radical (unpaired) electrons. The number of carbonyl (C=O) groups excluding carboxylic acids is 2. The van der Waals surface area contributed by atoms with Crippen molar-refractivity contribution in [3.63, 3.8) is 0 Å². The number of carbonyl (C=O) groups is 2. The first-order chi connectivity index (χ1) is 22.9. The van der Waals surface area contributed by atoms with Crippen LogP contribution in [0.5, 0.6) is 51.7 Å². The van der Waals surface area contributed by atoms with Crippen LogP contribution in [0.15, 0.2) is 60.7 Å². The van der Waals surface area contributed by atoms with E-state index in [9.17, 15) is 50.4 Å². The van der Waals surface area contributed by atoms with Crippen molar-refractivity contribution in [3.05, 3.63) is 88.5 Å². The number of aromatic hydroxyl groups is 7. The van der Waals surface area contributed by atoms with Gasteiger partial charge in [-0.15, -0.1) is 0 Å². The molecule has 0 bridgehead atoms. The zero-order valence-corrected chi connectivity index (χ0v) is 25.2. The van der Waals surface area contributed by atoms with E-state index in [1.165, 1.54) is 54.6 Å². The van der Waals surface area contributed by atoms with E-state index >= 15 is 0 Å². The van der Waals surface area contributed by atoms with E-state index in [0.717, 1.165) is 0 Å². The molecule has 0 aliphatic carbocycles. The number of ether oxygens (including phenoxy) is 3. The van der Waals surface area contributed by atoms with Gasteiger partial charge in [0.15, 0.2) is 40.6 Å². The number of esters is 2. The van der Waals surface area contributed by atoms with Crippen molar-refractivity contribution in [3.8, 4) is 51.7 Å². The van der Waals surface area contributed by atoms with Gasteiger partial charge in [-0.2, -0.15) is 0 Å². The molecule has 0 aromatic heterocycles. The highest BCUT2D eigenvalue weighted by atomic mass is 16.6. The van der Waals surface area contributed by atoms with Crippen molar-refractivity contribution >= 4 is 11.9 Å². The Bertz CT molecular complexity index is 1900. The second-order valence-electron chi connectivity index (χ2n) is 11.8. The van der Waals surface area contributed by atoms with Crippen molar-refractivity contribution in [2.45, 2.75) is 56.3 Å². The molecule has 2 aliphatic heterocycles. The average molecular weight is 661 g/mol. The molecule has 0 saturated carbocycles. The Morgan fingerprint density at radius 1 is 0.771 bits per heavy atom. The summed E-state index contributed by atoms with van der Waals surface area (Å²) in [6.07, 6.45) is -3.57. The molecular formula is C35H32O13. The quantitative estimate of drug-likeness (QED) is 0.0760. The van der Waals surface area contributed by atoms with Crippen molar-refractivity contribution in [2.24, 2.45) is 0 Å². The molecule has 4 aromatic rings. The lowest BCUT2D eigenvalue weighted by atomic mass is 9.82. The van der Waals surface area contributed by atoms with E-state index in [1.807, 2.05) is 0 Å². The Labute approximate surface area is 273 Å². The maximum atomic E-state index is 13.1. The number of rotatable bonds is 8. The van der Waals surface area contributed by atoms with Crippen molar-refractivity contribution in [1.82, 2.24) is 0 Å². The zero-order valence-electron chi connectivity index (χ0n) is 25.2. The number of aryl methyl sites for hydroxylation is 1. The normalized spacial score (nSPS) is 18.9. The molecule has 48 heavy (non-hydrogen) atoms. The number of phenolic OH excluding ortho intramolecular Hbond substituents is 7. The molecule has 0 saturated heterocycles. The number of hydrogen-bond acceptors (Lipinski definition) is 13. The maximum Gasteiger partial charge on any atom is 0.312 e. The lowest BCUT2D eigenvalue weighted by molar-refractivity contribution is -0.157. The van der Waals surface area contributed by atoms with Crippen LogP contribution in [0.25, 0.3) is 0 Å². The van der Waals surface area contributed by atoms with Crippen LogP contribution in [0.3, 0.4) is 0 Å². The molecule has 0 fully saturated rings. The summed E-state index contributed by atoms with van der Waals surface area (Å²) in [7, 11) is 0. The SMILES string of the molecule is O=C1C[C@@H](c2ccc(O)c(O)c2)c2c(cc(O)c3c2O[C@H](c2ccc(O)c(O)c2)[C@@H](OC(=O)C[C@H](O)CCc2ccc(O)c(O)c2)C3)O1. The van der Waals surface area contributed by atoms with E-state index in [1.54, 1.807) is 6.07 Å². The predicted molar refractivity (Wildman–Crippen MR) is 165 cm³/mol. The summed E-state index contributed by atoms with van der Waals surface area (Å²) in [5.41, 5.74) is 1.96. The van der Waals surface area contributed by atoms with E-state index < -0.39 is 59.8 Å². The van der Waals surface area contributed by atoms with E-state index in [4.69, 9.17) is 14.2 Å². The van der Waals surface area contributed by atoms with Gasteiger partial charge in [0.05, 0.1) is 18.9 Å². The molecule has 13 nitrogen and oxygen atoms in total. The third kappa shape index (κ3) is 6.40. The van der Waals surface area contributed by atoms with Gasteiger partial charge in [0.25, 0.3) is 0 Å². The monoisotopic (exact) mass is 660 g/mol. The van der Waals surface area contributed by atoms with Crippen LogP contribution in [0.4, 0.5) is 0 Å². The first-order valence-corrected chi connectivity index (χ1v) is 15.1. The van der Waals surface area contributed by atoms with Crippen molar-refractivity contribution < 1.29 is 64.7 Å². The molecule has 2 aliphatic rings. The zero-order chi connectivity index (χ0) is 34.3. The molecule has 2 heterocycles. The fraction of sp³-hybridized carbons (Fsp3) is 0.257. The standard InChI is InChI=1S/C35H32O13/c36-19(5-1-16-2-6-22(37)26(41)9-16)12-31(44)47-30-13-21-25(40)15-29-33(35(21)48-34(30)18-4-8-24(39)28(43)11-18)20(14-32(45)46-29)17-3-7-23(38)27(42)10-17/h2-4,6-11,15,19-20,30,34,36-43H,1,5,12-14H2/t19-,20+,30+,34-/m1/s1. The summed E-state index contributed by atoms with van der Waals surface area (Å²) in [6.45, 7) is 0. The maximum absolute atomic E-state index is 13.1. The molecule has 0 spiro atoms. The summed E-state index contributed by atoms with van der Waals surface area (Å²) in [6, 6.07) is 13.5. The number of aliphatic hydroxyl groups is 1. The number of phenols is 7. The topological polar surface area (TPSA) is 224 Å². The number of benzene rings is 4. The molecule has 6 rings (SSSR count). The minimum atomic E-state index is -1.13. The summed E-state index contributed by atoms with van der Waals surface area (Å²) in [5, 5.41) is 81.2. The van der Waals surface area contributed by atoms with Crippen LogP contribution in [-0.2, 0) is 27.2 Å². The fourth-order valence-corrected chi connectivity index (χ4v) is 6.08. The Morgan fingerprint density at radius 2 is 1.40 bits per heavy atom.